The molecule has 0 aliphatic carbocycles. The average molecular weight is 277 g/mol. The molecule has 0 aromatic rings. The third-order valence-electron chi connectivity index (χ3n) is 3.60. The topological polar surface area (TPSA) is 83.9 Å². The minimum Gasteiger partial charge on any atom is -0.481 e. The van der Waals surface area contributed by atoms with Gasteiger partial charge in [0, 0.05) is 19.7 Å². The third kappa shape index (κ3) is 3.21. The number of carbonyl (C=O) groups is 1. The number of piperidine rings is 1. The van der Waals surface area contributed by atoms with Crippen LogP contribution in [0.3, 0.4) is 0 Å². The Bertz CT molecular complexity index is 402. The van der Waals surface area contributed by atoms with E-state index in [1.54, 1.807) is 0 Å². The lowest BCUT2D eigenvalue weighted by atomic mass is 10.0. The lowest BCUT2D eigenvalue weighted by Crippen LogP contribution is -2.44. The van der Waals surface area contributed by atoms with Crippen molar-refractivity contribution in [1.82, 2.24) is 4.31 Å². The Morgan fingerprint density at radius 3 is 2.78 bits per heavy atom. The van der Waals surface area contributed by atoms with E-state index in [1.165, 1.54) is 4.31 Å². The van der Waals surface area contributed by atoms with Crippen LogP contribution in [0.15, 0.2) is 0 Å². The predicted molar refractivity (Wildman–Crippen MR) is 64.6 cm³/mol. The SMILES string of the molecule is O=C(O)C1CCCN(S(=O)(=O)CC2CCOC2)C1. The molecule has 0 radical (unpaired) electrons. The Kier molecular flexibility index (Phi) is 4.24. The maximum Gasteiger partial charge on any atom is 0.307 e. The second kappa shape index (κ2) is 5.54. The second-order valence-electron chi connectivity index (χ2n) is 5.04. The van der Waals surface area contributed by atoms with Gasteiger partial charge in [-0.3, -0.25) is 4.79 Å². The van der Waals surface area contributed by atoms with Crippen molar-refractivity contribution in [3.8, 4) is 0 Å². The van der Waals surface area contributed by atoms with Gasteiger partial charge in [0.25, 0.3) is 0 Å². The minimum absolute atomic E-state index is 0.0557. The molecule has 104 valence electrons. The summed E-state index contributed by atoms with van der Waals surface area (Å²) in [6.07, 6.45) is 1.96. The Balaban J connectivity index is 1.97. The summed E-state index contributed by atoms with van der Waals surface area (Å²) >= 11 is 0. The van der Waals surface area contributed by atoms with Crippen molar-refractivity contribution in [2.45, 2.75) is 19.3 Å². The highest BCUT2D eigenvalue weighted by molar-refractivity contribution is 7.89. The normalized spacial score (nSPS) is 30.4. The quantitative estimate of drug-likeness (QED) is 0.790. The molecule has 2 atom stereocenters. The maximum atomic E-state index is 12.2. The molecule has 0 bridgehead atoms. The maximum absolute atomic E-state index is 12.2. The van der Waals surface area contributed by atoms with Crippen LogP contribution < -0.4 is 0 Å². The average Bonchev–Trinajstić information content (AvgIpc) is 2.81. The molecule has 2 fully saturated rings. The van der Waals surface area contributed by atoms with E-state index in [0.717, 1.165) is 6.42 Å². The summed E-state index contributed by atoms with van der Waals surface area (Å²) in [7, 11) is -3.34. The first-order valence-electron chi connectivity index (χ1n) is 6.27. The number of aliphatic carboxylic acids is 1. The van der Waals surface area contributed by atoms with Crippen molar-refractivity contribution in [1.29, 1.82) is 0 Å². The molecular weight excluding hydrogens is 258 g/mol. The molecule has 2 unspecified atom stereocenters. The summed E-state index contributed by atoms with van der Waals surface area (Å²) < 4.78 is 30.9. The van der Waals surface area contributed by atoms with Crippen molar-refractivity contribution in [3.05, 3.63) is 0 Å². The van der Waals surface area contributed by atoms with E-state index in [-0.39, 0.29) is 18.2 Å². The van der Waals surface area contributed by atoms with E-state index in [0.29, 0.717) is 32.6 Å². The van der Waals surface area contributed by atoms with Crippen molar-refractivity contribution in [3.63, 3.8) is 0 Å². The first-order chi connectivity index (χ1) is 8.49. The Morgan fingerprint density at radius 2 is 2.17 bits per heavy atom. The van der Waals surface area contributed by atoms with Crippen molar-refractivity contribution in [2.75, 3.05) is 32.1 Å². The van der Waals surface area contributed by atoms with Crippen LogP contribution in [0.5, 0.6) is 0 Å². The number of carboxylic acid groups (broad SMARTS) is 1. The number of ether oxygens (including phenoxy) is 1. The summed E-state index contributed by atoms with van der Waals surface area (Å²) in [4.78, 5) is 10.9. The first kappa shape index (κ1) is 13.8. The first-order valence-corrected chi connectivity index (χ1v) is 7.88. The van der Waals surface area contributed by atoms with Gasteiger partial charge in [0.2, 0.25) is 10.0 Å². The molecule has 2 rings (SSSR count). The molecule has 2 heterocycles. The van der Waals surface area contributed by atoms with Crippen molar-refractivity contribution < 1.29 is 23.1 Å². The zero-order valence-electron chi connectivity index (χ0n) is 10.2. The van der Waals surface area contributed by atoms with Crippen LogP contribution in [-0.4, -0.2) is 55.9 Å². The molecule has 2 aliphatic rings. The fourth-order valence-electron chi connectivity index (χ4n) is 2.51. The van der Waals surface area contributed by atoms with Gasteiger partial charge < -0.3 is 9.84 Å². The van der Waals surface area contributed by atoms with E-state index < -0.39 is 21.9 Å². The van der Waals surface area contributed by atoms with E-state index in [2.05, 4.69) is 0 Å². The molecule has 2 aliphatic heterocycles. The molecule has 0 aromatic carbocycles. The van der Waals surface area contributed by atoms with Crippen LogP contribution >= 0.6 is 0 Å². The lowest BCUT2D eigenvalue weighted by Gasteiger charge is -2.30. The number of sulfonamides is 1. The molecular formula is C11H19NO5S. The number of hydrogen-bond acceptors (Lipinski definition) is 4. The highest BCUT2D eigenvalue weighted by Crippen LogP contribution is 2.22. The number of nitrogens with zero attached hydrogens (tertiary/aromatic N) is 1. The highest BCUT2D eigenvalue weighted by Gasteiger charge is 2.34. The van der Waals surface area contributed by atoms with Gasteiger partial charge in [0.05, 0.1) is 18.3 Å². The van der Waals surface area contributed by atoms with Crippen LogP contribution in [0.4, 0.5) is 0 Å². The zero-order chi connectivity index (χ0) is 13.2. The largest absolute Gasteiger partial charge is 0.481 e. The van der Waals surface area contributed by atoms with Crippen LogP contribution in [-0.2, 0) is 19.6 Å². The molecule has 18 heavy (non-hydrogen) atoms. The summed E-state index contributed by atoms with van der Waals surface area (Å²) in [5.74, 6) is -1.33. The van der Waals surface area contributed by atoms with Gasteiger partial charge in [0.1, 0.15) is 0 Å². The highest BCUT2D eigenvalue weighted by atomic mass is 32.2. The monoisotopic (exact) mass is 277 g/mol. The number of rotatable bonds is 4. The van der Waals surface area contributed by atoms with Gasteiger partial charge in [-0.05, 0) is 25.2 Å². The van der Waals surface area contributed by atoms with Crippen LogP contribution in [0.25, 0.3) is 0 Å². The molecule has 0 amide bonds. The summed E-state index contributed by atoms with van der Waals surface area (Å²) in [6.45, 7) is 1.68. The zero-order valence-corrected chi connectivity index (χ0v) is 11.1. The molecule has 0 aromatic heterocycles. The van der Waals surface area contributed by atoms with Gasteiger partial charge in [-0.2, -0.15) is 0 Å². The molecule has 6 nitrogen and oxygen atoms in total. The smallest absolute Gasteiger partial charge is 0.307 e. The molecule has 0 saturated carbocycles. The molecule has 0 spiro atoms. The fourth-order valence-corrected chi connectivity index (χ4v) is 4.40. The molecule has 2 saturated heterocycles. The predicted octanol–water partition coefficient (Wildman–Crippen LogP) is 0.149. The molecule has 1 N–H and O–H groups in total. The van der Waals surface area contributed by atoms with E-state index in [4.69, 9.17) is 9.84 Å². The Morgan fingerprint density at radius 1 is 1.39 bits per heavy atom. The summed E-state index contributed by atoms with van der Waals surface area (Å²) in [6, 6.07) is 0. The third-order valence-corrected chi connectivity index (χ3v) is 5.61. The van der Waals surface area contributed by atoms with Crippen molar-refractivity contribution in [2.24, 2.45) is 11.8 Å². The Labute approximate surface area is 107 Å². The number of carboxylic acids is 1. The molecule has 7 heteroatoms. The van der Waals surface area contributed by atoms with E-state index in [9.17, 15) is 13.2 Å². The van der Waals surface area contributed by atoms with Gasteiger partial charge in [-0.15, -0.1) is 0 Å². The Hall–Kier alpha value is -0.660. The van der Waals surface area contributed by atoms with Gasteiger partial charge >= 0.3 is 5.97 Å². The standard InChI is InChI=1S/C11H19NO5S/c13-11(14)10-2-1-4-12(6-10)18(15,16)8-9-3-5-17-7-9/h9-10H,1-8H2,(H,13,14). The van der Waals surface area contributed by atoms with Gasteiger partial charge in [0.15, 0.2) is 0 Å². The van der Waals surface area contributed by atoms with Crippen molar-refractivity contribution >= 4 is 16.0 Å². The second-order valence-corrected chi connectivity index (χ2v) is 7.06. The fraction of sp³-hybridized carbons (Fsp3) is 0.909. The van der Waals surface area contributed by atoms with Gasteiger partial charge in [-0.1, -0.05) is 0 Å². The van der Waals surface area contributed by atoms with Crippen LogP contribution in [0.2, 0.25) is 0 Å². The summed E-state index contributed by atoms with van der Waals surface area (Å²) in [5, 5.41) is 8.96. The summed E-state index contributed by atoms with van der Waals surface area (Å²) in [5.41, 5.74) is 0. The van der Waals surface area contributed by atoms with Crippen LogP contribution in [0.1, 0.15) is 19.3 Å². The van der Waals surface area contributed by atoms with Crippen LogP contribution in [0, 0.1) is 11.8 Å². The minimum atomic E-state index is -3.34. The lowest BCUT2D eigenvalue weighted by molar-refractivity contribution is -0.142. The number of hydrogen-bond donors (Lipinski definition) is 1. The van der Waals surface area contributed by atoms with E-state index >= 15 is 0 Å². The van der Waals surface area contributed by atoms with E-state index in [1.807, 2.05) is 0 Å². The van der Waals surface area contributed by atoms with Gasteiger partial charge in [-0.25, -0.2) is 12.7 Å².